The number of nitrogens with zero attached hydrogens (tertiary/aromatic N) is 2. The van der Waals surface area contributed by atoms with E-state index in [9.17, 15) is 0 Å². The normalized spacial score (nSPS) is 11.5. The molecule has 1 aromatic carbocycles. The molecule has 0 aliphatic carbocycles. The first-order valence-corrected chi connectivity index (χ1v) is 6.27. The molecule has 94 valence electrons. The van der Waals surface area contributed by atoms with Crippen LogP contribution in [0.15, 0.2) is 49.6 Å². The van der Waals surface area contributed by atoms with Crippen LogP contribution in [0.25, 0.3) is 6.20 Å². The molecule has 2 nitrogen and oxygen atoms in total. The molecule has 0 amide bonds. The summed E-state index contributed by atoms with van der Waals surface area (Å²) >= 11 is 0. The maximum absolute atomic E-state index is 3.74. The van der Waals surface area contributed by atoms with Crippen molar-refractivity contribution in [3.8, 4) is 0 Å². The van der Waals surface area contributed by atoms with Crippen LogP contribution >= 0.6 is 0 Å². The number of hydrogen-bond donors (Lipinski definition) is 0. The predicted molar refractivity (Wildman–Crippen MR) is 75.3 cm³/mol. The Balaban J connectivity index is 2.13. The maximum Gasteiger partial charge on any atom is 0.248 e. The fraction of sp³-hybridized carbons (Fsp3) is 0.312. The van der Waals surface area contributed by atoms with Crippen LogP contribution in [-0.4, -0.2) is 4.57 Å². The lowest BCUT2D eigenvalue weighted by Gasteiger charge is -2.18. The Morgan fingerprint density at radius 1 is 1.22 bits per heavy atom. The van der Waals surface area contributed by atoms with Gasteiger partial charge >= 0.3 is 0 Å². The minimum absolute atomic E-state index is 0.220. The Hall–Kier alpha value is -1.83. The first kappa shape index (κ1) is 12.6. The van der Waals surface area contributed by atoms with E-state index in [4.69, 9.17) is 0 Å². The molecule has 0 aliphatic heterocycles. The van der Waals surface area contributed by atoms with Crippen molar-refractivity contribution in [3.63, 3.8) is 0 Å². The lowest BCUT2D eigenvalue weighted by atomic mass is 9.87. The summed E-state index contributed by atoms with van der Waals surface area (Å²) in [5, 5.41) is 0. The van der Waals surface area contributed by atoms with Gasteiger partial charge in [0, 0.05) is 0 Å². The third kappa shape index (κ3) is 2.89. The fourth-order valence-electron chi connectivity index (χ4n) is 1.93. The van der Waals surface area contributed by atoms with Gasteiger partial charge in [-0.25, -0.2) is 9.13 Å². The molecule has 0 saturated carbocycles. The first-order chi connectivity index (χ1) is 8.49. The molecule has 2 heteroatoms. The molecule has 0 bridgehead atoms. The summed E-state index contributed by atoms with van der Waals surface area (Å²) in [5.41, 5.74) is 2.91. The predicted octanol–water partition coefficient (Wildman–Crippen LogP) is 3.22. The van der Waals surface area contributed by atoms with Crippen molar-refractivity contribution in [1.82, 2.24) is 4.57 Å². The van der Waals surface area contributed by atoms with E-state index in [0.717, 1.165) is 6.54 Å². The monoisotopic (exact) mass is 241 g/mol. The number of aromatic nitrogens is 2. The summed E-state index contributed by atoms with van der Waals surface area (Å²) < 4.78 is 4.09. The van der Waals surface area contributed by atoms with E-state index in [2.05, 4.69) is 62.4 Å². The Kier molecular flexibility index (Phi) is 3.37. The third-order valence-corrected chi connectivity index (χ3v) is 3.11. The van der Waals surface area contributed by atoms with E-state index in [1.54, 1.807) is 6.20 Å². The van der Waals surface area contributed by atoms with E-state index in [-0.39, 0.29) is 5.41 Å². The molecule has 0 N–H and O–H groups in total. The van der Waals surface area contributed by atoms with Crippen molar-refractivity contribution in [2.45, 2.75) is 32.7 Å². The Labute approximate surface area is 109 Å². The van der Waals surface area contributed by atoms with Crippen LogP contribution < -0.4 is 4.57 Å². The van der Waals surface area contributed by atoms with Gasteiger partial charge in [0.1, 0.15) is 18.9 Å². The highest BCUT2D eigenvalue weighted by Gasteiger charge is 2.13. The van der Waals surface area contributed by atoms with Crippen molar-refractivity contribution in [2.75, 3.05) is 0 Å². The van der Waals surface area contributed by atoms with Gasteiger partial charge in [-0.1, -0.05) is 51.6 Å². The van der Waals surface area contributed by atoms with Crippen molar-refractivity contribution < 1.29 is 4.57 Å². The first-order valence-electron chi connectivity index (χ1n) is 6.27. The van der Waals surface area contributed by atoms with Crippen molar-refractivity contribution in [1.29, 1.82) is 0 Å². The quantitative estimate of drug-likeness (QED) is 0.730. The molecule has 18 heavy (non-hydrogen) atoms. The number of imidazole rings is 1. The van der Waals surface area contributed by atoms with E-state index >= 15 is 0 Å². The van der Waals surface area contributed by atoms with Gasteiger partial charge in [0.25, 0.3) is 0 Å². The summed E-state index contributed by atoms with van der Waals surface area (Å²) in [6.07, 6.45) is 7.87. The van der Waals surface area contributed by atoms with Crippen LogP contribution in [0, 0.1) is 0 Å². The summed E-state index contributed by atoms with van der Waals surface area (Å²) in [6, 6.07) is 8.86. The van der Waals surface area contributed by atoms with Crippen LogP contribution in [0.5, 0.6) is 0 Å². The van der Waals surface area contributed by atoms with Gasteiger partial charge in [-0.3, -0.25) is 0 Å². The third-order valence-electron chi connectivity index (χ3n) is 3.11. The highest BCUT2D eigenvalue weighted by Crippen LogP contribution is 2.22. The van der Waals surface area contributed by atoms with Gasteiger partial charge in [-0.2, -0.15) is 0 Å². The fourth-order valence-corrected chi connectivity index (χ4v) is 1.93. The van der Waals surface area contributed by atoms with Gasteiger partial charge in [0.05, 0.1) is 6.20 Å². The summed E-state index contributed by atoms with van der Waals surface area (Å²) in [7, 11) is 0. The largest absolute Gasteiger partial charge is 0.248 e. The highest BCUT2D eigenvalue weighted by molar-refractivity contribution is 5.27. The molecule has 0 saturated heterocycles. The van der Waals surface area contributed by atoms with Crippen LogP contribution in [0.2, 0.25) is 0 Å². The van der Waals surface area contributed by atoms with E-state index in [1.165, 1.54) is 11.1 Å². The van der Waals surface area contributed by atoms with Gasteiger partial charge in [-0.05, 0) is 16.5 Å². The van der Waals surface area contributed by atoms with Crippen LogP contribution in [0.4, 0.5) is 0 Å². The molecule has 1 heterocycles. The van der Waals surface area contributed by atoms with Crippen molar-refractivity contribution >= 4 is 6.20 Å². The minimum atomic E-state index is 0.220. The zero-order valence-electron chi connectivity index (χ0n) is 11.4. The molecule has 2 rings (SSSR count). The zero-order chi connectivity index (χ0) is 13.2. The number of hydrogen-bond acceptors (Lipinski definition) is 0. The Morgan fingerprint density at radius 2 is 1.89 bits per heavy atom. The molecule has 0 radical (unpaired) electrons. The average Bonchev–Trinajstić information content (AvgIpc) is 2.76. The highest BCUT2D eigenvalue weighted by atomic mass is 15.1. The second-order valence-corrected chi connectivity index (χ2v) is 5.66. The summed E-state index contributed by atoms with van der Waals surface area (Å²) in [5.74, 6) is 0. The molecule has 0 spiro atoms. The molecule has 0 atom stereocenters. The van der Waals surface area contributed by atoms with Crippen LogP contribution in [-0.2, 0) is 12.0 Å². The number of rotatable bonds is 3. The Bertz CT molecular complexity index is 527. The van der Waals surface area contributed by atoms with E-state index in [1.807, 2.05) is 17.1 Å². The SMILES string of the molecule is C=Cn1cc[n+](Cc2ccc(C(C)(C)C)cc2)c1. The van der Waals surface area contributed by atoms with Gasteiger partial charge in [-0.15, -0.1) is 0 Å². The maximum atomic E-state index is 3.74. The van der Waals surface area contributed by atoms with Crippen LogP contribution in [0.1, 0.15) is 31.9 Å². The molecule has 0 aliphatic rings. The molecule has 2 aromatic rings. The summed E-state index contributed by atoms with van der Waals surface area (Å²) in [6.45, 7) is 11.3. The van der Waals surface area contributed by atoms with Crippen molar-refractivity contribution in [2.24, 2.45) is 0 Å². The molecule has 0 unspecified atom stereocenters. The molecule has 1 aromatic heterocycles. The van der Waals surface area contributed by atoms with Gasteiger partial charge in [0.15, 0.2) is 0 Å². The van der Waals surface area contributed by atoms with Gasteiger partial charge in [0.2, 0.25) is 6.33 Å². The van der Waals surface area contributed by atoms with E-state index in [0.29, 0.717) is 0 Å². The smallest absolute Gasteiger partial charge is 0.232 e. The second kappa shape index (κ2) is 4.81. The molecule has 0 fully saturated rings. The molecular formula is C16H21N2+. The lowest BCUT2D eigenvalue weighted by molar-refractivity contribution is -0.687. The second-order valence-electron chi connectivity index (χ2n) is 5.66. The standard InChI is InChI=1S/C16H21N2/c1-5-17-10-11-18(13-17)12-14-6-8-15(9-7-14)16(2,3)4/h5-11,13H,1,12H2,2-4H3/q+1. The number of benzene rings is 1. The van der Waals surface area contributed by atoms with Crippen molar-refractivity contribution in [3.05, 3.63) is 60.7 Å². The minimum Gasteiger partial charge on any atom is -0.232 e. The summed E-state index contributed by atoms with van der Waals surface area (Å²) in [4.78, 5) is 0. The van der Waals surface area contributed by atoms with Gasteiger partial charge < -0.3 is 0 Å². The van der Waals surface area contributed by atoms with Crippen LogP contribution in [0.3, 0.4) is 0 Å². The lowest BCUT2D eigenvalue weighted by Crippen LogP contribution is -2.31. The average molecular weight is 241 g/mol. The van der Waals surface area contributed by atoms with E-state index < -0.39 is 0 Å². The Morgan fingerprint density at radius 3 is 2.39 bits per heavy atom. The zero-order valence-corrected chi connectivity index (χ0v) is 11.4. The topological polar surface area (TPSA) is 8.81 Å². The molecular weight excluding hydrogens is 220 g/mol.